The Morgan fingerprint density at radius 1 is 1.33 bits per heavy atom. The van der Waals surface area contributed by atoms with Crippen LogP contribution in [-0.2, 0) is 28.7 Å². The quantitative estimate of drug-likeness (QED) is 0.291. The molecule has 0 rings (SSSR count). The van der Waals surface area contributed by atoms with Gasteiger partial charge in [0.15, 0.2) is 0 Å². The van der Waals surface area contributed by atoms with Crippen LogP contribution in [-0.4, -0.2) is 59.6 Å². The topological polar surface area (TPSA) is 127 Å². The molecular weight excluding hydrogens is 248 g/mol. The summed E-state index contributed by atoms with van der Waals surface area (Å²) in [6.45, 7) is -0.178. The summed E-state index contributed by atoms with van der Waals surface area (Å²) in [5.41, 5.74) is 0. The fourth-order valence-electron chi connectivity index (χ4n) is 0.816. The maximum Gasteiger partial charge on any atom is 0.375 e. The number of ketones is 1. The third-order valence-electron chi connectivity index (χ3n) is 1.74. The number of ether oxygens (including phenoxy) is 2. The van der Waals surface area contributed by atoms with E-state index in [9.17, 15) is 19.2 Å². The van der Waals surface area contributed by atoms with E-state index in [0.29, 0.717) is 6.29 Å². The monoisotopic (exact) mass is 262 g/mol. The zero-order valence-corrected chi connectivity index (χ0v) is 9.70. The molecule has 0 bridgehead atoms. The summed E-state index contributed by atoms with van der Waals surface area (Å²) in [7, 11) is 0. The molecule has 0 aromatic carbocycles. The first kappa shape index (κ1) is 16.2. The van der Waals surface area contributed by atoms with E-state index >= 15 is 0 Å². The molecule has 0 saturated carbocycles. The first-order valence-corrected chi connectivity index (χ1v) is 5.03. The lowest BCUT2D eigenvalue weighted by molar-refractivity contribution is -0.172. The molecule has 0 aromatic rings. The van der Waals surface area contributed by atoms with Crippen molar-refractivity contribution in [3.63, 3.8) is 0 Å². The molecule has 2 atom stereocenters. The first-order chi connectivity index (χ1) is 8.42. The van der Waals surface area contributed by atoms with Gasteiger partial charge in [0.2, 0.25) is 11.9 Å². The minimum atomic E-state index is -1.54. The Bertz CT molecular complexity index is 324. The molecule has 102 valence electrons. The smallest absolute Gasteiger partial charge is 0.375 e. The van der Waals surface area contributed by atoms with Crippen LogP contribution in [0.3, 0.4) is 0 Å². The number of hydrogen-bond acceptors (Lipinski definition) is 8. The summed E-state index contributed by atoms with van der Waals surface area (Å²) in [6, 6.07) is 0. The second-order valence-corrected chi connectivity index (χ2v) is 3.32. The van der Waals surface area contributed by atoms with Gasteiger partial charge in [0.1, 0.15) is 19.0 Å². The van der Waals surface area contributed by atoms with Crippen molar-refractivity contribution < 1.29 is 38.9 Å². The van der Waals surface area contributed by atoms with Crippen molar-refractivity contribution in [2.45, 2.75) is 25.6 Å². The zero-order valence-electron chi connectivity index (χ0n) is 9.70. The van der Waals surface area contributed by atoms with Gasteiger partial charge in [0, 0.05) is 6.92 Å². The average molecular weight is 262 g/mol. The SMILES string of the molecule is CC(=O)C(=O)OC(CC=O)C(=O)OCC(O)CO. The lowest BCUT2D eigenvalue weighted by Crippen LogP contribution is -2.34. The van der Waals surface area contributed by atoms with E-state index in [4.69, 9.17) is 10.2 Å². The average Bonchev–Trinajstić information content (AvgIpc) is 2.34. The lowest BCUT2D eigenvalue weighted by Gasteiger charge is -2.15. The molecule has 0 spiro atoms. The first-order valence-electron chi connectivity index (χ1n) is 5.03. The summed E-state index contributed by atoms with van der Waals surface area (Å²) in [5, 5.41) is 17.4. The van der Waals surface area contributed by atoms with Crippen molar-refractivity contribution in [3.8, 4) is 0 Å². The van der Waals surface area contributed by atoms with Crippen LogP contribution in [0.1, 0.15) is 13.3 Å². The van der Waals surface area contributed by atoms with Gasteiger partial charge in [-0.2, -0.15) is 0 Å². The molecule has 8 heteroatoms. The second kappa shape index (κ2) is 8.31. The highest BCUT2D eigenvalue weighted by Gasteiger charge is 2.26. The molecule has 0 heterocycles. The van der Waals surface area contributed by atoms with Crippen LogP contribution >= 0.6 is 0 Å². The fourth-order valence-corrected chi connectivity index (χ4v) is 0.816. The predicted molar refractivity (Wildman–Crippen MR) is 55.3 cm³/mol. The van der Waals surface area contributed by atoms with Gasteiger partial charge < -0.3 is 24.5 Å². The molecule has 2 N–H and O–H groups in total. The molecule has 8 nitrogen and oxygen atoms in total. The Morgan fingerprint density at radius 3 is 2.39 bits per heavy atom. The highest BCUT2D eigenvalue weighted by Crippen LogP contribution is 2.02. The molecular formula is C10H14O8. The summed E-state index contributed by atoms with van der Waals surface area (Å²) in [4.78, 5) is 43.2. The Hall–Kier alpha value is -1.80. The van der Waals surface area contributed by atoms with E-state index < -0.39 is 49.6 Å². The van der Waals surface area contributed by atoms with Crippen LogP contribution < -0.4 is 0 Å². The van der Waals surface area contributed by atoms with Gasteiger partial charge in [-0.15, -0.1) is 0 Å². The van der Waals surface area contributed by atoms with Crippen LogP contribution in [0.5, 0.6) is 0 Å². The molecule has 0 aromatic heterocycles. The number of carbonyl (C=O) groups is 4. The van der Waals surface area contributed by atoms with Crippen molar-refractivity contribution >= 4 is 24.0 Å². The highest BCUT2D eigenvalue weighted by atomic mass is 16.6. The van der Waals surface area contributed by atoms with Crippen molar-refractivity contribution in [1.82, 2.24) is 0 Å². The van der Waals surface area contributed by atoms with Crippen molar-refractivity contribution in [2.75, 3.05) is 13.2 Å². The third kappa shape index (κ3) is 6.06. The van der Waals surface area contributed by atoms with Crippen LogP contribution in [0.4, 0.5) is 0 Å². The van der Waals surface area contributed by atoms with Crippen LogP contribution in [0.15, 0.2) is 0 Å². The van der Waals surface area contributed by atoms with E-state index in [2.05, 4.69) is 9.47 Å². The number of aldehydes is 1. The van der Waals surface area contributed by atoms with E-state index in [1.54, 1.807) is 0 Å². The molecule has 0 fully saturated rings. The van der Waals surface area contributed by atoms with E-state index in [0.717, 1.165) is 6.92 Å². The molecule has 0 aliphatic heterocycles. The van der Waals surface area contributed by atoms with Gasteiger partial charge in [-0.05, 0) is 0 Å². The number of Topliss-reactive ketones (excluding diaryl/α,β-unsaturated/α-hetero) is 1. The molecule has 0 aliphatic carbocycles. The minimum Gasteiger partial charge on any atom is -0.460 e. The normalized spacial score (nSPS) is 13.3. The molecule has 0 saturated heterocycles. The van der Waals surface area contributed by atoms with Crippen LogP contribution in [0.2, 0.25) is 0 Å². The second-order valence-electron chi connectivity index (χ2n) is 3.32. The Labute approximate surface area is 102 Å². The van der Waals surface area contributed by atoms with Crippen LogP contribution in [0, 0.1) is 0 Å². The van der Waals surface area contributed by atoms with Gasteiger partial charge in [0.25, 0.3) is 0 Å². The van der Waals surface area contributed by atoms with Crippen molar-refractivity contribution in [3.05, 3.63) is 0 Å². The maximum atomic E-state index is 11.3. The number of rotatable bonds is 8. The maximum absolute atomic E-state index is 11.3. The van der Waals surface area contributed by atoms with E-state index in [-0.39, 0.29) is 0 Å². The predicted octanol–water partition coefficient (Wildman–Crippen LogP) is -2.03. The van der Waals surface area contributed by atoms with Gasteiger partial charge in [-0.1, -0.05) is 0 Å². The molecule has 0 radical (unpaired) electrons. The molecule has 0 aliphatic rings. The molecule has 2 unspecified atom stereocenters. The highest BCUT2D eigenvalue weighted by molar-refractivity contribution is 6.32. The standard InChI is InChI=1S/C10H14O8/c1-6(13)9(15)18-8(2-3-11)10(16)17-5-7(14)4-12/h3,7-8,12,14H,2,4-5H2,1H3. The van der Waals surface area contributed by atoms with Crippen molar-refractivity contribution in [1.29, 1.82) is 0 Å². The molecule has 18 heavy (non-hydrogen) atoms. The summed E-state index contributed by atoms with van der Waals surface area (Å²) < 4.78 is 8.94. The largest absolute Gasteiger partial charge is 0.460 e. The van der Waals surface area contributed by atoms with Gasteiger partial charge in [0.05, 0.1) is 13.0 Å². The Kier molecular flexibility index (Phi) is 7.48. The van der Waals surface area contributed by atoms with E-state index in [1.807, 2.05) is 0 Å². The minimum absolute atomic E-state index is 0.321. The van der Waals surface area contributed by atoms with Gasteiger partial charge in [-0.25, -0.2) is 9.59 Å². The third-order valence-corrected chi connectivity index (χ3v) is 1.74. The van der Waals surface area contributed by atoms with E-state index in [1.165, 1.54) is 0 Å². The zero-order chi connectivity index (χ0) is 14.1. The summed E-state index contributed by atoms with van der Waals surface area (Å²) >= 11 is 0. The number of aliphatic hydroxyl groups excluding tert-OH is 2. The van der Waals surface area contributed by atoms with Gasteiger partial charge in [-0.3, -0.25) is 4.79 Å². The Morgan fingerprint density at radius 2 is 1.94 bits per heavy atom. The lowest BCUT2D eigenvalue weighted by atomic mass is 10.2. The number of hydrogen-bond donors (Lipinski definition) is 2. The van der Waals surface area contributed by atoms with Crippen molar-refractivity contribution in [2.24, 2.45) is 0 Å². The summed E-state index contributed by atoms with van der Waals surface area (Å²) in [6.07, 6.45) is -2.95. The number of aliphatic hydroxyl groups is 2. The number of esters is 2. The van der Waals surface area contributed by atoms with Gasteiger partial charge >= 0.3 is 11.9 Å². The fraction of sp³-hybridized carbons (Fsp3) is 0.600. The van der Waals surface area contributed by atoms with Crippen LogP contribution in [0.25, 0.3) is 0 Å². The Balaban J connectivity index is 4.39. The number of carbonyl (C=O) groups excluding carboxylic acids is 4. The molecule has 0 amide bonds. The summed E-state index contributed by atoms with van der Waals surface area (Å²) in [5.74, 6) is -3.26.